The molecule has 0 aromatic heterocycles. The molecule has 0 aliphatic carbocycles. The predicted molar refractivity (Wildman–Crippen MR) is 72.5 cm³/mol. The molecular formula is C14H18ClNO2. The molecule has 1 heterocycles. The van der Waals surface area contributed by atoms with Crippen LogP contribution in [0.25, 0.3) is 0 Å². The largest absolute Gasteiger partial charge is 0.493 e. The second-order valence-corrected chi connectivity index (χ2v) is 5.58. The molecule has 0 fully saturated rings. The molecule has 0 spiro atoms. The van der Waals surface area contributed by atoms with E-state index in [1.54, 1.807) is 6.07 Å². The topological polar surface area (TPSA) is 38.3 Å². The van der Waals surface area contributed by atoms with E-state index >= 15 is 0 Å². The molecule has 0 bridgehead atoms. The molecular weight excluding hydrogens is 250 g/mol. The van der Waals surface area contributed by atoms with Gasteiger partial charge in [-0.3, -0.25) is 4.79 Å². The smallest absolute Gasteiger partial charge is 0.251 e. The monoisotopic (exact) mass is 267 g/mol. The molecule has 0 saturated heterocycles. The van der Waals surface area contributed by atoms with Gasteiger partial charge in [-0.05, 0) is 44.0 Å². The maximum atomic E-state index is 12.1. The molecule has 1 N–H and O–H groups in total. The zero-order chi connectivity index (χ0) is 13.2. The van der Waals surface area contributed by atoms with Crippen molar-refractivity contribution in [2.75, 3.05) is 12.5 Å². The van der Waals surface area contributed by atoms with Gasteiger partial charge in [-0.15, -0.1) is 11.6 Å². The molecule has 1 aliphatic heterocycles. The summed E-state index contributed by atoms with van der Waals surface area (Å²) in [5.74, 6) is 1.37. The second kappa shape index (κ2) is 5.19. The number of halogens is 1. The molecule has 1 amide bonds. The minimum Gasteiger partial charge on any atom is -0.493 e. The quantitative estimate of drug-likeness (QED) is 0.852. The standard InChI is InChI=1S/C14H18ClNO2/c1-14(2,6-7-15)16-13(17)11-3-4-12-10(9-11)5-8-18-12/h3-4,9H,5-8H2,1-2H3,(H,16,17). The van der Waals surface area contributed by atoms with E-state index in [9.17, 15) is 4.79 Å². The van der Waals surface area contributed by atoms with Crippen LogP contribution < -0.4 is 10.1 Å². The van der Waals surface area contributed by atoms with E-state index in [1.165, 1.54) is 0 Å². The highest BCUT2D eigenvalue weighted by Crippen LogP contribution is 2.26. The van der Waals surface area contributed by atoms with E-state index in [-0.39, 0.29) is 11.4 Å². The molecule has 0 radical (unpaired) electrons. The predicted octanol–water partition coefficient (Wildman–Crippen LogP) is 2.76. The summed E-state index contributed by atoms with van der Waals surface area (Å²) in [5.41, 5.74) is 1.51. The van der Waals surface area contributed by atoms with Gasteiger partial charge in [-0.1, -0.05) is 0 Å². The number of ether oxygens (including phenoxy) is 1. The summed E-state index contributed by atoms with van der Waals surface area (Å²) >= 11 is 5.72. The Bertz CT molecular complexity index is 457. The Morgan fingerprint density at radius 2 is 2.28 bits per heavy atom. The molecule has 0 saturated carbocycles. The molecule has 2 rings (SSSR count). The van der Waals surface area contributed by atoms with Gasteiger partial charge in [-0.2, -0.15) is 0 Å². The van der Waals surface area contributed by atoms with Crippen LogP contribution in [0.15, 0.2) is 18.2 Å². The fourth-order valence-electron chi connectivity index (χ4n) is 2.01. The SMILES string of the molecule is CC(C)(CCCl)NC(=O)c1ccc2c(c1)CCO2. The lowest BCUT2D eigenvalue weighted by Gasteiger charge is -2.25. The minimum atomic E-state index is -0.283. The summed E-state index contributed by atoms with van der Waals surface area (Å²) in [5, 5.41) is 3.00. The zero-order valence-corrected chi connectivity index (χ0v) is 11.5. The molecule has 3 nitrogen and oxygen atoms in total. The van der Waals surface area contributed by atoms with Gasteiger partial charge in [0.15, 0.2) is 0 Å². The Kier molecular flexibility index (Phi) is 3.81. The molecule has 1 aromatic rings. The van der Waals surface area contributed by atoms with Crippen molar-refractivity contribution in [3.8, 4) is 5.75 Å². The van der Waals surface area contributed by atoms with Crippen LogP contribution in [0.5, 0.6) is 5.75 Å². The van der Waals surface area contributed by atoms with Crippen LogP contribution in [-0.4, -0.2) is 23.9 Å². The van der Waals surface area contributed by atoms with Gasteiger partial charge in [0.1, 0.15) is 5.75 Å². The van der Waals surface area contributed by atoms with Gasteiger partial charge in [0.25, 0.3) is 5.91 Å². The second-order valence-electron chi connectivity index (χ2n) is 5.20. The molecule has 1 aromatic carbocycles. The lowest BCUT2D eigenvalue weighted by atomic mass is 10.0. The highest BCUT2D eigenvalue weighted by atomic mass is 35.5. The third-order valence-electron chi connectivity index (χ3n) is 3.12. The highest BCUT2D eigenvalue weighted by Gasteiger charge is 2.21. The van der Waals surface area contributed by atoms with Gasteiger partial charge in [0.2, 0.25) is 0 Å². The molecule has 0 unspecified atom stereocenters. The number of hydrogen-bond donors (Lipinski definition) is 1. The van der Waals surface area contributed by atoms with Gasteiger partial charge >= 0.3 is 0 Å². The fourth-order valence-corrected chi connectivity index (χ4v) is 2.48. The first-order chi connectivity index (χ1) is 8.52. The summed E-state index contributed by atoms with van der Waals surface area (Å²) in [6.07, 6.45) is 1.62. The Morgan fingerprint density at radius 3 is 3.00 bits per heavy atom. The Labute approximate surface area is 112 Å². The number of amides is 1. The van der Waals surface area contributed by atoms with Crippen LogP contribution in [0.2, 0.25) is 0 Å². The van der Waals surface area contributed by atoms with Crippen LogP contribution in [0, 0.1) is 0 Å². The van der Waals surface area contributed by atoms with Gasteiger partial charge in [-0.25, -0.2) is 0 Å². The molecule has 98 valence electrons. The zero-order valence-electron chi connectivity index (χ0n) is 10.8. The van der Waals surface area contributed by atoms with E-state index in [1.807, 2.05) is 26.0 Å². The Balaban J connectivity index is 2.10. The number of fused-ring (bicyclic) bond motifs is 1. The number of hydrogen-bond acceptors (Lipinski definition) is 2. The lowest BCUT2D eigenvalue weighted by Crippen LogP contribution is -2.43. The first-order valence-corrected chi connectivity index (χ1v) is 6.69. The number of carbonyl (C=O) groups is 1. The fraction of sp³-hybridized carbons (Fsp3) is 0.500. The van der Waals surface area contributed by atoms with E-state index in [0.717, 1.165) is 24.2 Å². The van der Waals surface area contributed by atoms with Crippen LogP contribution in [-0.2, 0) is 6.42 Å². The average molecular weight is 268 g/mol. The van der Waals surface area contributed by atoms with Crippen molar-refractivity contribution < 1.29 is 9.53 Å². The van der Waals surface area contributed by atoms with Crippen molar-refractivity contribution in [2.24, 2.45) is 0 Å². The van der Waals surface area contributed by atoms with Crippen molar-refractivity contribution in [2.45, 2.75) is 32.2 Å². The average Bonchev–Trinajstić information content (AvgIpc) is 2.74. The van der Waals surface area contributed by atoms with Crippen LogP contribution in [0.3, 0.4) is 0 Å². The molecule has 0 atom stereocenters. The highest BCUT2D eigenvalue weighted by molar-refractivity contribution is 6.17. The van der Waals surface area contributed by atoms with Gasteiger partial charge in [0.05, 0.1) is 6.61 Å². The number of benzene rings is 1. The van der Waals surface area contributed by atoms with Crippen molar-refractivity contribution in [1.82, 2.24) is 5.32 Å². The van der Waals surface area contributed by atoms with Gasteiger partial charge < -0.3 is 10.1 Å². The first-order valence-electron chi connectivity index (χ1n) is 6.16. The Hall–Kier alpha value is -1.22. The summed E-state index contributed by atoms with van der Waals surface area (Å²) in [7, 11) is 0. The normalized spacial score (nSPS) is 13.9. The number of rotatable bonds is 4. The minimum absolute atomic E-state index is 0.0557. The summed E-state index contributed by atoms with van der Waals surface area (Å²) in [4.78, 5) is 12.1. The number of alkyl halides is 1. The van der Waals surface area contributed by atoms with Crippen molar-refractivity contribution in [1.29, 1.82) is 0 Å². The van der Waals surface area contributed by atoms with E-state index in [4.69, 9.17) is 16.3 Å². The van der Waals surface area contributed by atoms with Crippen molar-refractivity contribution >= 4 is 17.5 Å². The summed E-state index contributed by atoms with van der Waals surface area (Å²) in [6.45, 7) is 4.66. The van der Waals surface area contributed by atoms with Crippen LogP contribution in [0.4, 0.5) is 0 Å². The van der Waals surface area contributed by atoms with E-state index < -0.39 is 0 Å². The molecule has 1 aliphatic rings. The lowest BCUT2D eigenvalue weighted by molar-refractivity contribution is 0.0911. The summed E-state index contributed by atoms with van der Waals surface area (Å²) in [6, 6.07) is 5.58. The maximum Gasteiger partial charge on any atom is 0.251 e. The van der Waals surface area contributed by atoms with Crippen molar-refractivity contribution in [3.05, 3.63) is 29.3 Å². The van der Waals surface area contributed by atoms with Crippen LogP contribution >= 0.6 is 11.6 Å². The third-order valence-corrected chi connectivity index (χ3v) is 3.31. The van der Waals surface area contributed by atoms with E-state index in [0.29, 0.717) is 18.1 Å². The van der Waals surface area contributed by atoms with Crippen LogP contribution in [0.1, 0.15) is 36.2 Å². The van der Waals surface area contributed by atoms with Gasteiger partial charge in [0, 0.05) is 23.4 Å². The third kappa shape index (κ3) is 2.96. The van der Waals surface area contributed by atoms with Crippen molar-refractivity contribution in [3.63, 3.8) is 0 Å². The van der Waals surface area contributed by atoms with E-state index in [2.05, 4.69) is 5.32 Å². The number of nitrogens with one attached hydrogen (secondary N) is 1. The summed E-state index contributed by atoms with van der Waals surface area (Å²) < 4.78 is 5.42. The number of carbonyl (C=O) groups excluding carboxylic acids is 1. The maximum absolute atomic E-state index is 12.1. The molecule has 18 heavy (non-hydrogen) atoms. The molecule has 4 heteroatoms. The first kappa shape index (κ1) is 13.2. The Morgan fingerprint density at radius 1 is 1.50 bits per heavy atom.